The third-order valence-corrected chi connectivity index (χ3v) is 6.84. The van der Waals surface area contributed by atoms with E-state index in [1.54, 1.807) is 16.8 Å². The number of carbonyl (C=O) groups excluding carboxylic acids is 3. The Morgan fingerprint density at radius 3 is 2.41 bits per heavy atom. The predicted molar refractivity (Wildman–Crippen MR) is 139 cm³/mol. The van der Waals surface area contributed by atoms with Gasteiger partial charge in [-0.3, -0.25) is 14.5 Å². The molecule has 8 nitrogen and oxygen atoms in total. The minimum Gasteiger partial charge on any atom is -0.445 e. The largest absolute Gasteiger partial charge is 0.445 e. The number of nitrogens with zero attached hydrogens (tertiary/aromatic N) is 3. The van der Waals surface area contributed by atoms with E-state index >= 15 is 0 Å². The van der Waals surface area contributed by atoms with Crippen molar-refractivity contribution in [2.45, 2.75) is 25.6 Å². The van der Waals surface area contributed by atoms with Gasteiger partial charge in [-0.25, -0.2) is 4.79 Å². The molecular weight excluding hydrogens is 470 g/mol. The summed E-state index contributed by atoms with van der Waals surface area (Å²) >= 11 is 0. The minimum absolute atomic E-state index is 0.0689. The smallest absolute Gasteiger partial charge is 0.411 e. The maximum Gasteiger partial charge on any atom is 0.411 e. The Morgan fingerprint density at radius 1 is 0.973 bits per heavy atom. The van der Waals surface area contributed by atoms with E-state index in [2.05, 4.69) is 0 Å². The summed E-state index contributed by atoms with van der Waals surface area (Å²) in [6.45, 7) is 1.49. The fourth-order valence-corrected chi connectivity index (χ4v) is 4.74. The van der Waals surface area contributed by atoms with Crippen molar-refractivity contribution in [1.82, 2.24) is 4.90 Å². The van der Waals surface area contributed by atoms with Crippen LogP contribution in [0, 0.1) is 0 Å². The first-order valence-electron chi connectivity index (χ1n) is 12.3. The van der Waals surface area contributed by atoms with Crippen LogP contribution in [-0.2, 0) is 38.6 Å². The third kappa shape index (κ3) is 5.34. The zero-order valence-corrected chi connectivity index (χ0v) is 20.7. The quantitative estimate of drug-likeness (QED) is 0.534. The Labute approximate surface area is 216 Å². The zero-order chi connectivity index (χ0) is 25.8. The molecule has 0 aliphatic carbocycles. The van der Waals surface area contributed by atoms with Gasteiger partial charge in [0.25, 0.3) is 5.91 Å². The molecule has 8 heteroatoms. The summed E-state index contributed by atoms with van der Waals surface area (Å²) < 4.78 is 10.8. The summed E-state index contributed by atoms with van der Waals surface area (Å²) in [6.07, 6.45) is -0.119. The summed E-state index contributed by atoms with van der Waals surface area (Å²) in [5, 5.41) is 0. The van der Waals surface area contributed by atoms with E-state index in [0.717, 1.165) is 22.4 Å². The first-order chi connectivity index (χ1) is 18.0. The Kier molecular flexibility index (Phi) is 7.18. The first-order valence-corrected chi connectivity index (χ1v) is 12.3. The molecule has 0 saturated carbocycles. The molecule has 190 valence electrons. The van der Waals surface area contributed by atoms with Crippen LogP contribution in [0.15, 0.2) is 78.9 Å². The van der Waals surface area contributed by atoms with Crippen LogP contribution >= 0.6 is 0 Å². The summed E-state index contributed by atoms with van der Waals surface area (Å²) in [5.41, 5.74) is 4.36. The van der Waals surface area contributed by atoms with Gasteiger partial charge >= 0.3 is 6.09 Å². The van der Waals surface area contributed by atoms with Gasteiger partial charge in [0.15, 0.2) is 0 Å². The average Bonchev–Trinajstić information content (AvgIpc) is 2.95. The molecule has 1 fully saturated rings. The number of amides is 3. The molecule has 3 aromatic rings. The highest BCUT2D eigenvalue weighted by Gasteiger charge is 2.37. The van der Waals surface area contributed by atoms with Crippen molar-refractivity contribution in [3.63, 3.8) is 0 Å². The third-order valence-electron chi connectivity index (χ3n) is 6.84. The molecule has 2 aliphatic heterocycles. The van der Waals surface area contributed by atoms with Crippen LogP contribution in [0.1, 0.15) is 16.7 Å². The van der Waals surface area contributed by atoms with Crippen LogP contribution in [0.25, 0.3) is 0 Å². The molecule has 0 N–H and O–H groups in total. The SMILES string of the molecule is CN(C(=O)[C@@H]1Cc2ccccc2CN1C(=O)OCc1ccccc1)c1ccc(N2CCOCC2=O)cc1. The monoisotopic (exact) mass is 499 g/mol. The Bertz CT molecular complexity index is 1280. The number of morpholine rings is 1. The molecule has 1 saturated heterocycles. The van der Waals surface area contributed by atoms with E-state index in [-0.39, 0.29) is 25.0 Å². The molecule has 0 spiro atoms. The second-order valence-electron chi connectivity index (χ2n) is 9.17. The standard InChI is InChI=1S/C29H29N3O5/c1-30(24-11-13-25(14-12-24)31-15-16-36-20-27(31)33)28(34)26-17-22-9-5-6-10-23(22)18-32(26)29(35)37-19-21-7-3-2-4-8-21/h2-14,26H,15-20H2,1H3/t26-/m0/s1. The van der Waals surface area contributed by atoms with E-state index in [1.807, 2.05) is 78.9 Å². The van der Waals surface area contributed by atoms with E-state index in [1.165, 1.54) is 4.90 Å². The molecular formula is C29H29N3O5. The highest BCUT2D eigenvalue weighted by Crippen LogP contribution is 2.28. The average molecular weight is 500 g/mol. The van der Waals surface area contributed by atoms with E-state index < -0.39 is 12.1 Å². The Morgan fingerprint density at radius 2 is 1.68 bits per heavy atom. The van der Waals surface area contributed by atoms with Gasteiger partial charge in [-0.1, -0.05) is 54.6 Å². The number of benzene rings is 3. The molecule has 2 heterocycles. The van der Waals surface area contributed by atoms with Gasteiger partial charge in [-0.05, 0) is 41.0 Å². The molecule has 0 aromatic heterocycles. The van der Waals surface area contributed by atoms with Gasteiger partial charge in [0.05, 0.1) is 13.2 Å². The lowest BCUT2D eigenvalue weighted by Gasteiger charge is -2.37. The molecule has 1 atom stereocenters. The summed E-state index contributed by atoms with van der Waals surface area (Å²) in [6, 6.07) is 23.9. The lowest BCUT2D eigenvalue weighted by atomic mass is 9.93. The van der Waals surface area contributed by atoms with Crippen LogP contribution in [0.3, 0.4) is 0 Å². The van der Waals surface area contributed by atoms with Gasteiger partial charge < -0.3 is 19.3 Å². The summed E-state index contributed by atoms with van der Waals surface area (Å²) in [7, 11) is 1.70. The molecule has 37 heavy (non-hydrogen) atoms. The number of hydrogen-bond acceptors (Lipinski definition) is 5. The predicted octanol–water partition coefficient (Wildman–Crippen LogP) is 3.78. The van der Waals surface area contributed by atoms with Gasteiger partial charge in [-0.15, -0.1) is 0 Å². The van der Waals surface area contributed by atoms with Crippen molar-refractivity contribution < 1.29 is 23.9 Å². The second kappa shape index (κ2) is 10.8. The molecule has 5 rings (SSSR count). The molecule has 0 bridgehead atoms. The van der Waals surface area contributed by atoms with Crippen molar-refractivity contribution in [2.75, 3.05) is 36.6 Å². The van der Waals surface area contributed by atoms with Crippen LogP contribution in [-0.4, -0.2) is 55.7 Å². The lowest BCUT2D eigenvalue weighted by molar-refractivity contribution is -0.125. The van der Waals surface area contributed by atoms with Crippen LogP contribution in [0.4, 0.5) is 16.2 Å². The summed E-state index contributed by atoms with van der Waals surface area (Å²) in [5.74, 6) is -0.296. The fourth-order valence-electron chi connectivity index (χ4n) is 4.74. The van der Waals surface area contributed by atoms with Gasteiger partial charge in [0.2, 0.25) is 5.91 Å². The van der Waals surface area contributed by atoms with E-state index in [0.29, 0.717) is 31.8 Å². The highest BCUT2D eigenvalue weighted by atomic mass is 16.6. The van der Waals surface area contributed by atoms with E-state index in [4.69, 9.17) is 9.47 Å². The van der Waals surface area contributed by atoms with Gasteiger partial charge in [0.1, 0.15) is 19.3 Å². The van der Waals surface area contributed by atoms with Crippen molar-refractivity contribution in [2.24, 2.45) is 0 Å². The Balaban J connectivity index is 1.34. The van der Waals surface area contributed by atoms with Crippen LogP contribution < -0.4 is 9.80 Å². The van der Waals surface area contributed by atoms with Crippen molar-refractivity contribution in [1.29, 1.82) is 0 Å². The highest BCUT2D eigenvalue weighted by molar-refractivity contribution is 5.99. The molecule has 2 aliphatic rings. The fraction of sp³-hybridized carbons (Fsp3) is 0.276. The second-order valence-corrected chi connectivity index (χ2v) is 9.17. The number of hydrogen-bond donors (Lipinski definition) is 0. The van der Waals surface area contributed by atoms with Crippen LogP contribution in [0.2, 0.25) is 0 Å². The zero-order valence-electron chi connectivity index (χ0n) is 20.7. The van der Waals surface area contributed by atoms with E-state index in [9.17, 15) is 14.4 Å². The van der Waals surface area contributed by atoms with Gasteiger partial charge in [0, 0.05) is 31.4 Å². The first kappa shape index (κ1) is 24.5. The summed E-state index contributed by atoms with van der Waals surface area (Å²) in [4.78, 5) is 43.8. The molecule has 0 unspecified atom stereocenters. The number of rotatable bonds is 5. The van der Waals surface area contributed by atoms with Crippen molar-refractivity contribution in [3.05, 3.63) is 95.6 Å². The molecule has 0 radical (unpaired) electrons. The maximum absolute atomic E-state index is 13.7. The Hall–Kier alpha value is -4.17. The molecule has 3 amide bonds. The topological polar surface area (TPSA) is 79.4 Å². The van der Waals surface area contributed by atoms with Crippen molar-refractivity contribution in [3.8, 4) is 0 Å². The van der Waals surface area contributed by atoms with Crippen molar-refractivity contribution >= 4 is 29.3 Å². The number of carbonyl (C=O) groups is 3. The normalized spacial score (nSPS) is 17.2. The number of fused-ring (bicyclic) bond motifs is 1. The maximum atomic E-state index is 13.7. The lowest BCUT2D eigenvalue weighted by Crippen LogP contribution is -2.53. The number of ether oxygens (including phenoxy) is 2. The minimum atomic E-state index is -0.705. The van der Waals surface area contributed by atoms with Crippen LogP contribution in [0.5, 0.6) is 0 Å². The van der Waals surface area contributed by atoms with Gasteiger partial charge in [-0.2, -0.15) is 0 Å². The number of anilines is 2. The number of likely N-dealkylation sites (N-methyl/N-ethyl adjacent to an activating group) is 1. The molecule has 3 aromatic carbocycles.